The molecule has 0 unspecified atom stereocenters. The molecule has 1 aliphatic rings. The first-order valence-electron chi connectivity index (χ1n) is 8.85. The maximum Gasteiger partial charge on any atom is 0.338 e. The van der Waals surface area contributed by atoms with Crippen LogP contribution in [-0.2, 0) is 20.9 Å². The van der Waals surface area contributed by atoms with Gasteiger partial charge in [-0.25, -0.2) is 4.79 Å². The molecule has 0 radical (unpaired) electrons. The molecule has 0 heterocycles. The van der Waals surface area contributed by atoms with Crippen LogP contribution in [0, 0.1) is 17.3 Å². The minimum Gasteiger partial charge on any atom is -0.462 e. The Hall–Kier alpha value is -2.10. The van der Waals surface area contributed by atoms with Crippen molar-refractivity contribution in [2.45, 2.75) is 47.6 Å². The summed E-state index contributed by atoms with van der Waals surface area (Å²) < 4.78 is 10.6. The number of rotatable bonds is 7. The number of hydrogen-bond donors (Lipinski definition) is 0. The van der Waals surface area contributed by atoms with Crippen molar-refractivity contribution in [1.29, 1.82) is 0 Å². The van der Waals surface area contributed by atoms with E-state index in [0.717, 1.165) is 12.0 Å². The van der Waals surface area contributed by atoms with Crippen molar-refractivity contribution in [1.82, 2.24) is 0 Å². The van der Waals surface area contributed by atoms with Gasteiger partial charge < -0.3 is 9.47 Å². The lowest BCUT2D eigenvalue weighted by Gasteiger charge is -2.08. The topological polar surface area (TPSA) is 52.6 Å². The molecule has 2 rings (SSSR count). The summed E-state index contributed by atoms with van der Waals surface area (Å²) in [6.45, 7) is 10.8. The molecule has 1 aromatic carbocycles. The molecule has 0 aliphatic heterocycles. The second-order valence-corrected chi connectivity index (χ2v) is 7.51. The van der Waals surface area contributed by atoms with Crippen LogP contribution >= 0.6 is 0 Å². The highest BCUT2D eigenvalue weighted by Gasteiger charge is 2.61. The van der Waals surface area contributed by atoms with E-state index < -0.39 is 0 Å². The van der Waals surface area contributed by atoms with E-state index in [2.05, 4.69) is 19.9 Å². The Morgan fingerprint density at radius 1 is 1.20 bits per heavy atom. The van der Waals surface area contributed by atoms with Crippen LogP contribution in [0.1, 0.15) is 57.0 Å². The van der Waals surface area contributed by atoms with Crippen LogP contribution in [0.3, 0.4) is 0 Å². The summed E-state index contributed by atoms with van der Waals surface area (Å²) >= 11 is 0. The minimum absolute atomic E-state index is 0.0554. The summed E-state index contributed by atoms with van der Waals surface area (Å²) in [4.78, 5) is 24.3. The second kappa shape index (κ2) is 7.85. The van der Waals surface area contributed by atoms with Crippen molar-refractivity contribution in [2.24, 2.45) is 17.3 Å². The van der Waals surface area contributed by atoms with E-state index in [1.165, 1.54) is 5.57 Å². The third-order valence-electron chi connectivity index (χ3n) is 4.66. The highest BCUT2D eigenvalue weighted by atomic mass is 16.5. The molecule has 1 aromatic rings. The van der Waals surface area contributed by atoms with Crippen molar-refractivity contribution >= 4 is 11.9 Å². The molecule has 1 aliphatic carbocycles. The predicted molar refractivity (Wildman–Crippen MR) is 97.0 cm³/mol. The van der Waals surface area contributed by atoms with Crippen molar-refractivity contribution in [3.05, 3.63) is 47.0 Å². The Kier molecular flexibility index (Phi) is 6.04. The van der Waals surface area contributed by atoms with Crippen molar-refractivity contribution < 1.29 is 19.1 Å². The van der Waals surface area contributed by atoms with E-state index in [4.69, 9.17) is 9.47 Å². The lowest BCUT2D eigenvalue weighted by Crippen LogP contribution is -2.11. The number of allylic oxidation sites excluding steroid dienone is 2. The van der Waals surface area contributed by atoms with Gasteiger partial charge in [0.15, 0.2) is 0 Å². The van der Waals surface area contributed by atoms with E-state index in [1.807, 2.05) is 26.8 Å². The second-order valence-electron chi connectivity index (χ2n) is 7.51. The van der Waals surface area contributed by atoms with Gasteiger partial charge >= 0.3 is 11.9 Å². The molecule has 0 aromatic heterocycles. The lowest BCUT2D eigenvalue weighted by molar-refractivity contribution is -0.147. The van der Waals surface area contributed by atoms with Crippen molar-refractivity contribution in [3.8, 4) is 0 Å². The largest absolute Gasteiger partial charge is 0.462 e. The minimum atomic E-state index is -0.345. The first kappa shape index (κ1) is 19.2. The van der Waals surface area contributed by atoms with Crippen LogP contribution in [0.2, 0.25) is 0 Å². The summed E-state index contributed by atoms with van der Waals surface area (Å²) in [6.07, 6.45) is 2.93. The molecule has 4 nitrogen and oxygen atoms in total. The predicted octanol–water partition coefficient (Wildman–Crippen LogP) is 4.54. The SMILES string of the molecule is CCCOC(=O)c1cccc(COC(=O)[C@@H]2[C@@H](C=C(C)C)C2(C)C)c1. The first-order chi connectivity index (χ1) is 11.8. The van der Waals surface area contributed by atoms with Crippen LogP contribution in [0.4, 0.5) is 0 Å². The van der Waals surface area contributed by atoms with Gasteiger partial charge in [0.05, 0.1) is 18.1 Å². The number of benzene rings is 1. The fourth-order valence-electron chi connectivity index (χ4n) is 3.11. The molecule has 0 spiro atoms. The van der Waals surface area contributed by atoms with Crippen LogP contribution in [-0.4, -0.2) is 18.5 Å². The van der Waals surface area contributed by atoms with Crippen LogP contribution in [0.15, 0.2) is 35.9 Å². The Morgan fingerprint density at radius 2 is 1.92 bits per heavy atom. The lowest BCUT2D eigenvalue weighted by atomic mass is 10.1. The molecule has 0 bridgehead atoms. The molecule has 1 saturated carbocycles. The molecule has 0 saturated heterocycles. The van der Waals surface area contributed by atoms with Gasteiger partial charge in [0.1, 0.15) is 6.61 Å². The van der Waals surface area contributed by atoms with Gasteiger partial charge in [-0.05, 0) is 49.3 Å². The van der Waals surface area contributed by atoms with Gasteiger partial charge in [-0.1, -0.05) is 44.6 Å². The zero-order valence-electron chi connectivity index (χ0n) is 15.8. The molecule has 0 amide bonds. The zero-order chi connectivity index (χ0) is 18.6. The normalized spacial score (nSPS) is 20.5. The van der Waals surface area contributed by atoms with E-state index in [1.54, 1.807) is 18.2 Å². The summed E-state index contributed by atoms with van der Waals surface area (Å²) in [7, 11) is 0. The third-order valence-corrected chi connectivity index (χ3v) is 4.66. The van der Waals surface area contributed by atoms with Crippen LogP contribution in [0.5, 0.6) is 0 Å². The van der Waals surface area contributed by atoms with E-state index in [0.29, 0.717) is 12.2 Å². The number of hydrogen-bond acceptors (Lipinski definition) is 4. The van der Waals surface area contributed by atoms with Gasteiger partial charge in [0.2, 0.25) is 0 Å². The Bertz CT molecular complexity index is 668. The number of ether oxygens (including phenoxy) is 2. The maximum atomic E-state index is 12.4. The van der Waals surface area contributed by atoms with E-state index >= 15 is 0 Å². The smallest absolute Gasteiger partial charge is 0.338 e. The Morgan fingerprint density at radius 3 is 2.56 bits per heavy atom. The van der Waals surface area contributed by atoms with Crippen LogP contribution < -0.4 is 0 Å². The number of carbonyl (C=O) groups is 2. The van der Waals surface area contributed by atoms with Crippen LogP contribution in [0.25, 0.3) is 0 Å². The highest BCUT2D eigenvalue weighted by Crippen LogP contribution is 2.59. The fraction of sp³-hybridized carbons (Fsp3) is 0.524. The van der Waals surface area contributed by atoms with Crippen molar-refractivity contribution in [2.75, 3.05) is 6.61 Å². The molecular formula is C21H28O4. The van der Waals surface area contributed by atoms with Crippen molar-refractivity contribution in [3.63, 3.8) is 0 Å². The van der Waals surface area contributed by atoms with Gasteiger partial charge in [0, 0.05) is 0 Å². The maximum absolute atomic E-state index is 12.4. The summed E-state index contributed by atoms with van der Waals surface area (Å²) in [5, 5.41) is 0. The number of carbonyl (C=O) groups excluding carboxylic acids is 2. The highest BCUT2D eigenvalue weighted by molar-refractivity contribution is 5.89. The molecule has 1 fully saturated rings. The summed E-state index contributed by atoms with van der Waals surface area (Å²) in [6, 6.07) is 7.04. The van der Waals surface area contributed by atoms with E-state index in [9.17, 15) is 9.59 Å². The fourth-order valence-corrected chi connectivity index (χ4v) is 3.11. The average Bonchev–Trinajstić information content (AvgIpc) is 3.10. The van der Waals surface area contributed by atoms with Gasteiger partial charge in [-0.15, -0.1) is 0 Å². The summed E-state index contributed by atoms with van der Waals surface area (Å²) in [5.74, 6) is -0.381. The van der Waals surface area contributed by atoms with Gasteiger partial charge in [0.25, 0.3) is 0 Å². The molecule has 25 heavy (non-hydrogen) atoms. The quantitative estimate of drug-likeness (QED) is 0.538. The molecule has 136 valence electrons. The average molecular weight is 344 g/mol. The standard InChI is InChI=1S/C21H28O4/c1-6-10-24-19(22)16-9-7-8-15(12-16)13-25-20(23)18-17(11-14(2)3)21(18,4)5/h7-9,11-12,17-18H,6,10,13H2,1-5H3/t17-,18+/m1/s1. The van der Waals surface area contributed by atoms with Gasteiger partial charge in [-0.3, -0.25) is 4.79 Å². The molecule has 4 heteroatoms. The summed E-state index contributed by atoms with van der Waals surface area (Å²) in [5.41, 5.74) is 2.43. The van der Waals surface area contributed by atoms with Gasteiger partial charge in [-0.2, -0.15) is 0 Å². The third kappa shape index (κ3) is 4.71. The molecular weight excluding hydrogens is 316 g/mol. The number of esters is 2. The monoisotopic (exact) mass is 344 g/mol. The molecule has 0 N–H and O–H groups in total. The zero-order valence-corrected chi connectivity index (χ0v) is 15.8. The Balaban J connectivity index is 1.94. The Labute approximate surface area is 150 Å². The molecule has 2 atom stereocenters. The first-order valence-corrected chi connectivity index (χ1v) is 8.85. The van der Waals surface area contributed by atoms with E-state index in [-0.39, 0.29) is 35.8 Å².